The van der Waals surface area contributed by atoms with Crippen molar-refractivity contribution in [2.24, 2.45) is 5.92 Å². The lowest BCUT2D eigenvalue weighted by molar-refractivity contribution is 0.0933. The van der Waals surface area contributed by atoms with Gasteiger partial charge in [-0.1, -0.05) is 0 Å². The Balaban J connectivity index is 2.24. The smallest absolute Gasteiger partial charge is 0.167 e. The fourth-order valence-electron chi connectivity index (χ4n) is 1.86. The largest absolute Gasteiger partial charge is 0.294 e. The average Bonchev–Trinajstić information content (AvgIpc) is 2.69. The van der Waals surface area contributed by atoms with Crippen molar-refractivity contribution in [2.75, 3.05) is 11.5 Å². The number of ketones is 1. The summed E-state index contributed by atoms with van der Waals surface area (Å²) in [5.74, 6) is 2.02. The molecule has 1 aromatic rings. The van der Waals surface area contributed by atoms with Crippen LogP contribution in [0.15, 0.2) is 18.2 Å². The first-order chi connectivity index (χ1) is 7.18. The molecule has 0 saturated carbocycles. The summed E-state index contributed by atoms with van der Waals surface area (Å²) in [5, 5.41) is 0. The van der Waals surface area contributed by atoms with Crippen LogP contribution in [0.1, 0.15) is 22.3 Å². The van der Waals surface area contributed by atoms with E-state index in [1.165, 1.54) is 12.1 Å². The zero-order valence-electron chi connectivity index (χ0n) is 8.63. The molecular weight excluding hydrogens is 211 g/mol. The molecule has 1 atom stereocenters. The van der Waals surface area contributed by atoms with Crippen LogP contribution in [0.2, 0.25) is 0 Å². The van der Waals surface area contributed by atoms with Crippen LogP contribution in [0, 0.1) is 18.7 Å². The van der Waals surface area contributed by atoms with E-state index in [2.05, 4.69) is 0 Å². The molecule has 0 radical (unpaired) electrons. The molecule has 1 aromatic carbocycles. The van der Waals surface area contributed by atoms with Crippen molar-refractivity contribution in [3.05, 3.63) is 35.1 Å². The SMILES string of the molecule is Cc1cc(F)ccc1C(=O)C1CCSC1. The monoisotopic (exact) mass is 224 g/mol. The van der Waals surface area contributed by atoms with Crippen molar-refractivity contribution in [2.45, 2.75) is 13.3 Å². The highest BCUT2D eigenvalue weighted by Crippen LogP contribution is 2.27. The summed E-state index contributed by atoms with van der Waals surface area (Å²) in [7, 11) is 0. The standard InChI is InChI=1S/C12H13FOS/c1-8-6-10(13)2-3-11(8)12(14)9-4-5-15-7-9/h2-3,6,9H,4-5,7H2,1H3. The van der Waals surface area contributed by atoms with E-state index >= 15 is 0 Å². The first-order valence-corrected chi connectivity index (χ1v) is 6.22. The molecule has 1 aliphatic rings. The molecule has 0 aliphatic carbocycles. The topological polar surface area (TPSA) is 17.1 Å². The maximum Gasteiger partial charge on any atom is 0.167 e. The van der Waals surface area contributed by atoms with Gasteiger partial charge >= 0.3 is 0 Å². The van der Waals surface area contributed by atoms with Crippen LogP contribution in [0.3, 0.4) is 0 Å². The Morgan fingerprint density at radius 3 is 2.93 bits per heavy atom. The molecule has 80 valence electrons. The average molecular weight is 224 g/mol. The summed E-state index contributed by atoms with van der Waals surface area (Å²) < 4.78 is 12.9. The van der Waals surface area contributed by atoms with Gasteiger partial charge in [0, 0.05) is 17.2 Å². The van der Waals surface area contributed by atoms with Gasteiger partial charge in [0.2, 0.25) is 0 Å². The lowest BCUT2D eigenvalue weighted by Gasteiger charge is -2.09. The fraction of sp³-hybridized carbons (Fsp3) is 0.417. The number of halogens is 1. The number of benzene rings is 1. The minimum atomic E-state index is -0.273. The number of aryl methyl sites for hydroxylation is 1. The lowest BCUT2D eigenvalue weighted by atomic mass is 9.94. The predicted octanol–water partition coefficient (Wildman–Crippen LogP) is 3.07. The van der Waals surface area contributed by atoms with E-state index in [0.29, 0.717) is 5.56 Å². The summed E-state index contributed by atoms with van der Waals surface area (Å²) in [6, 6.07) is 4.40. The molecule has 1 nitrogen and oxygen atoms in total. The highest BCUT2D eigenvalue weighted by molar-refractivity contribution is 7.99. The maximum atomic E-state index is 12.9. The maximum absolute atomic E-state index is 12.9. The summed E-state index contributed by atoms with van der Waals surface area (Å²) >= 11 is 1.82. The minimum Gasteiger partial charge on any atom is -0.294 e. The summed E-state index contributed by atoms with van der Waals surface area (Å²) in [6.07, 6.45) is 0.959. The van der Waals surface area contributed by atoms with Gasteiger partial charge < -0.3 is 0 Å². The third-order valence-corrected chi connectivity index (χ3v) is 3.92. The van der Waals surface area contributed by atoms with E-state index < -0.39 is 0 Å². The minimum absolute atomic E-state index is 0.138. The van der Waals surface area contributed by atoms with E-state index in [1.807, 2.05) is 11.8 Å². The molecule has 1 heterocycles. The van der Waals surface area contributed by atoms with Gasteiger partial charge in [0.1, 0.15) is 5.82 Å². The van der Waals surface area contributed by atoms with Gasteiger partial charge in [-0.15, -0.1) is 0 Å². The fourth-order valence-corrected chi connectivity index (χ4v) is 3.09. The van der Waals surface area contributed by atoms with E-state index in [-0.39, 0.29) is 17.5 Å². The number of rotatable bonds is 2. The molecule has 1 fully saturated rings. The van der Waals surface area contributed by atoms with Crippen LogP contribution >= 0.6 is 11.8 Å². The van der Waals surface area contributed by atoms with Gasteiger partial charge in [-0.25, -0.2) is 4.39 Å². The Morgan fingerprint density at radius 2 is 2.33 bits per heavy atom. The Labute approximate surface area is 93.1 Å². The van der Waals surface area contributed by atoms with Gasteiger partial charge in [0.15, 0.2) is 5.78 Å². The predicted molar refractivity (Wildman–Crippen MR) is 60.9 cm³/mol. The summed E-state index contributed by atoms with van der Waals surface area (Å²) in [6.45, 7) is 1.79. The first-order valence-electron chi connectivity index (χ1n) is 5.06. The molecule has 0 N–H and O–H groups in total. The van der Waals surface area contributed by atoms with Crippen molar-refractivity contribution in [3.8, 4) is 0 Å². The number of carbonyl (C=O) groups excluding carboxylic acids is 1. The zero-order chi connectivity index (χ0) is 10.8. The zero-order valence-corrected chi connectivity index (χ0v) is 9.44. The number of Topliss-reactive ketones (excluding diaryl/α,β-unsaturated/α-hetero) is 1. The second-order valence-electron chi connectivity index (χ2n) is 3.88. The lowest BCUT2D eigenvalue weighted by Crippen LogP contribution is -2.15. The van der Waals surface area contributed by atoms with Crippen LogP contribution in [-0.4, -0.2) is 17.3 Å². The molecule has 1 saturated heterocycles. The second-order valence-corrected chi connectivity index (χ2v) is 5.03. The van der Waals surface area contributed by atoms with Crippen LogP contribution in [0.5, 0.6) is 0 Å². The van der Waals surface area contributed by atoms with E-state index in [0.717, 1.165) is 23.5 Å². The van der Waals surface area contributed by atoms with Crippen LogP contribution in [-0.2, 0) is 0 Å². The number of hydrogen-bond acceptors (Lipinski definition) is 2. The van der Waals surface area contributed by atoms with Crippen LogP contribution in [0.25, 0.3) is 0 Å². The van der Waals surface area contributed by atoms with Gasteiger partial charge in [-0.05, 0) is 42.9 Å². The van der Waals surface area contributed by atoms with Crippen LogP contribution in [0.4, 0.5) is 4.39 Å². The summed E-state index contributed by atoms with van der Waals surface area (Å²) in [5.41, 5.74) is 1.43. The summed E-state index contributed by atoms with van der Waals surface area (Å²) in [4.78, 5) is 12.0. The van der Waals surface area contributed by atoms with Crippen molar-refractivity contribution in [3.63, 3.8) is 0 Å². The highest BCUT2D eigenvalue weighted by Gasteiger charge is 2.25. The van der Waals surface area contributed by atoms with Crippen molar-refractivity contribution < 1.29 is 9.18 Å². The van der Waals surface area contributed by atoms with Gasteiger partial charge in [0.05, 0.1) is 0 Å². The van der Waals surface area contributed by atoms with Crippen LogP contribution < -0.4 is 0 Å². The Kier molecular flexibility index (Phi) is 3.10. The van der Waals surface area contributed by atoms with E-state index in [4.69, 9.17) is 0 Å². The molecule has 0 bridgehead atoms. The van der Waals surface area contributed by atoms with E-state index in [9.17, 15) is 9.18 Å². The van der Waals surface area contributed by atoms with Crippen molar-refractivity contribution in [1.82, 2.24) is 0 Å². The molecule has 15 heavy (non-hydrogen) atoms. The number of carbonyl (C=O) groups is 1. The second kappa shape index (κ2) is 4.35. The molecule has 3 heteroatoms. The van der Waals surface area contributed by atoms with Gasteiger partial charge in [-0.3, -0.25) is 4.79 Å². The quantitative estimate of drug-likeness (QED) is 0.718. The first kappa shape index (κ1) is 10.7. The molecule has 2 rings (SSSR count). The number of hydrogen-bond donors (Lipinski definition) is 0. The Hall–Kier alpha value is -0.830. The van der Waals surface area contributed by atoms with Crippen molar-refractivity contribution in [1.29, 1.82) is 0 Å². The van der Waals surface area contributed by atoms with E-state index in [1.54, 1.807) is 13.0 Å². The highest BCUT2D eigenvalue weighted by atomic mass is 32.2. The van der Waals surface area contributed by atoms with Crippen molar-refractivity contribution >= 4 is 17.5 Å². The molecule has 0 amide bonds. The third kappa shape index (κ3) is 2.23. The molecule has 0 spiro atoms. The third-order valence-electron chi connectivity index (χ3n) is 2.75. The number of thioether (sulfide) groups is 1. The Bertz CT molecular complexity index is 383. The Morgan fingerprint density at radius 1 is 1.53 bits per heavy atom. The molecular formula is C12H13FOS. The van der Waals surface area contributed by atoms with Gasteiger partial charge in [0.25, 0.3) is 0 Å². The van der Waals surface area contributed by atoms with Gasteiger partial charge in [-0.2, -0.15) is 11.8 Å². The molecule has 1 unspecified atom stereocenters. The molecule has 1 aliphatic heterocycles. The normalized spacial score (nSPS) is 20.5. The molecule has 0 aromatic heterocycles.